The highest BCUT2D eigenvalue weighted by atomic mass is 127. The zero-order chi connectivity index (χ0) is 14.8. The Kier molecular flexibility index (Phi) is 4.54. The summed E-state index contributed by atoms with van der Waals surface area (Å²) in [6, 6.07) is 12.4. The molecule has 0 bridgehead atoms. The van der Waals surface area contributed by atoms with Gasteiger partial charge in [-0.3, -0.25) is 0 Å². The molecule has 1 N–H and O–H groups in total. The molecule has 2 aromatic rings. The minimum atomic E-state index is -4.74. The van der Waals surface area contributed by atoms with E-state index >= 15 is 0 Å². The number of aliphatic hydroxyl groups excluding tert-OH is 1. The predicted molar refractivity (Wildman–Crippen MR) is 76.3 cm³/mol. The maximum atomic E-state index is 12.2. The summed E-state index contributed by atoms with van der Waals surface area (Å²) >= 11 is 2.10. The molecule has 1 unspecified atom stereocenters. The van der Waals surface area contributed by atoms with Crippen molar-refractivity contribution in [1.29, 1.82) is 0 Å². The van der Waals surface area contributed by atoms with Crippen LogP contribution in [-0.2, 0) is 0 Å². The van der Waals surface area contributed by atoms with E-state index in [1.54, 1.807) is 24.3 Å². The number of hydrogen-bond donors (Lipinski definition) is 1. The van der Waals surface area contributed by atoms with Crippen LogP contribution in [0, 0.1) is 3.57 Å². The minimum absolute atomic E-state index is 0.341. The highest BCUT2D eigenvalue weighted by molar-refractivity contribution is 14.1. The van der Waals surface area contributed by atoms with Gasteiger partial charge in [0.1, 0.15) is 11.9 Å². The van der Waals surface area contributed by atoms with Crippen LogP contribution in [0.15, 0.2) is 48.5 Å². The lowest BCUT2D eigenvalue weighted by atomic mass is 10.0. The molecule has 0 fully saturated rings. The third-order valence-corrected chi connectivity index (χ3v) is 3.24. The molecule has 20 heavy (non-hydrogen) atoms. The van der Waals surface area contributed by atoms with Gasteiger partial charge in [-0.25, -0.2) is 0 Å². The van der Waals surface area contributed by atoms with Gasteiger partial charge < -0.3 is 9.84 Å². The molecule has 0 heterocycles. The first-order valence-electron chi connectivity index (χ1n) is 5.64. The smallest absolute Gasteiger partial charge is 0.406 e. The first-order valence-corrected chi connectivity index (χ1v) is 6.72. The van der Waals surface area contributed by atoms with Crippen LogP contribution in [0.4, 0.5) is 13.2 Å². The Morgan fingerprint density at radius 2 is 1.60 bits per heavy atom. The molecule has 0 spiro atoms. The molecule has 0 saturated carbocycles. The summed E-state index contributed by atoms with van der Waals surface area (Å²) in [7, 11) is 0. The van der Waals surface area contributed by atoms with Gasteiger partial charge in [0.2, 0.25) is 0 Å². The van der Waals surface area contributed by atoms with Crippen LogP contribution in [0.3, 0.4) is 0 Å². The summed E-state index contributed by atoms with van der Waals surface area (Å²) in [4.78, 5) is 0. The predicted octanol–water partition coefficient (Wildman–Crippen LogP) is 4.27. The molecule has 0 aromatic heterocycles. The molecule has 1 atom stereocenters. The van der Waals surface area contributed by atoms with E-state index in [0.29, 0.717) is 11.1 Å². The molecule has 2 nitrogen and oxygen atoms in total. The molecular weight excluding hydrogens is 384 g/mol. The Labute approximate surface area is 127 Å². The van der Waals surface area contributed by atoms with E-state index in [0.717, 1.165) is 3.57 Å². The lowest BCUT2D eigenvalue weighted by Crippen LogP contribution is -2.17. The van der Waals surface area contributed by atoms with Crippen LogP contribution < -0.4 is 4.74 Å². The fourth-order valence-electron chi connectivity index (χ4n) is 1.75. The van der Waals surface area contributed by atoms with Crippen LogP contribution in [0.5, 0.6) is 5.75 Å². The van der Waals surface area contributed by atoms with E-state index in [-0.39, 0.29) is 5.75 Å². The van der Waals surface area contributed by atoms with Gasteiger partial charge in [0, 0.05) is 3.57 Å². The van der Waals surface area contributed by atoms with Gasteiger partial charge in [0.05, 0.1) is 0 Å². The number of hydrogen-bond acceptors (Lipinski definition) is 2. The maximum Gasteiger partial charge on any atom is 0.573 e. The Balaban J connectivity index is 2.26. The number of benzene rings is 2. The topological polar surface area (TPSA) is 29.5 Å². The summed E-state index contributed by atoms with van der Waals surface area (Å²) in [5, 5.41) is 10.2. The van der Waals surface area contributed by atoms with Crippen molar-refractivity contribution >= 4 is 22.6 Å². The van der Waals surface area contributed by atoms with E-state index in [2.05, 4.69) is 27.3 Å². The van der Waals surface area contributed by atoms with Gasteiger partial charge in [0.25, 0.3) is 0 Å². The van der Waals surface area contributed by atoms with Crippen molar-refractivity contribution in [2.75, 3.05) is 0 Å². The van der Waals surface area contributed by atoms with Crippen molar-refractivity contribution < 1.29 is 23.0 Å². The molecule has 2 rings (SSSR count). The highest BCUT2D eigenvalue weighted by Crippen LogP contribution is 2.28. The lowest BCUT2D eigenvalue weighted by Gasteiger charge is -2.14. The van der Waals surface area contributed by atoms with Gasteiger partial charge in [-0.15, -0.1) is 13.2 Å². The minimum Gasteiger partial charge on any atom is -0.406 e. The van der Waals surface area contributed by atoms with Crippen molar-refractivity contribution in [3.63, 3.8) is 0 Å². The molecule has 0 amide bonds. The second-order valence-electron chi connectivity index (χ2n) is 4.08. The van der Waals surface area contributed by atoms with Crippen molar-refractivity contribution in [2.45, 2.75) is 12.5 Å². The van der Waals surface area contributed by atoms with E-state index in [4.69, 9.17) is 0 Å². The van der Waals surface area contributed by atoms with Crippen LogP contribution in [-0.4, -0.2) is 11.5 Å². The summed E-state index contributed by atoms with van der Waals surface area (Å²) in [5.74, 6) is -0.348. The second-order valence-corrected chi connectivity index (χ2v) is 5.32. The number of ether oxygens (including phenoxy) is 1. The first kappa shape index (κ1) is 15.1. The van der Waals surface area contributed by atoms with E-state index < -0.39 is 12.5 Å². The van der Waals surface area contributed by atoms with E-state index in [9.17, 15) is 18.3 Å². The Bertz CT molecular complexity index is 599. The summed E-state index contributed by atoms with van der Waals surface area (Å²) in [6.45, 7) is 0. The summed E-state index contributed by atoms with van der Waals surface area (Å²) < 4.78 is 41.3. The lowest BCUT2D eigenvalue weighted by molar-refractivity contribution is -0.274. The number of alkyl halides is 3. The molecular formula is C14H10F3IO2. The normalized spacial score (nSPS) is 13.1. The fraction of sp³-hybridized carbons (Fsp3) is 0.143. The third-order valence-electron chi connectivity index (χ3n) is 2.57. The molecule has 0 saturated heterocycles. The van der Waals surface area contributed by atoms with Gasteiger partial charge in [-0.05, 0) is 58.0 Å². The quantitative estimate of drug-likeness (QED) is 0.789. The highest BCUT2D eigenvalue weighted by Gasteiger charge is 2.31. The van der Waals surface area contributed by atoms with Crippen molar-refractivity contribution in [3.05, 3.63) is 63.2 Å². The van der Waals surface area contributed by atoms with Gasteiger partial charge in [-0.1, -0.05) is 24.3 Å². The second kappa shape index (κ2) is 6.01. The monoisotopic (exact) mass is 394 g/mol. The standard InChI is InChI=1S/C14H10F3IO2/c15-14(16,17)20-12-6-2-4-10(8-12)13(19)9-3-1-5-11(18)7-9/h1-8,13,19H. The van der Waals surface area contributed by atoms with E-state index in [1.165, 1.54) is 18.2 Å². The molecule has 0 radical (unpaired) electrons. The third kappa shape index (κ3) is 4.11. The SMILES string of the molecule is OC(c1cccc(I)c1)c1cccc(OC(F)(F)F)c1. The average Bonchev–Trinajstić information content (AvgIpc) is 2.36. The van der Waals surface area contributed by atoms with Crippen LogP contribution in [0.1, 0.15) is 17.2 Å². The van der Waals surface area contributed by atoms with Crippen LogP contribution in [0.25, 0.3) is 0 Å². The average molecular weight is 394 g/mol. The van der Waals surface area contributed by atoms with Gasteiger partial charge in [-0.2, -0.15) is 0 Å². The maximum absolute atomic E-state index is 12.2. The molecule has 0 aliphatic carbocycles. The zero-order valence-electron chi connectivity index (χ0n) is 10.1. The van der Waals surface area contributed by atoms with Gasteiger partial charge >= 0.3 is 6.36 Å². The zero-order valence-corrected chi connectivity index (χ0v) is 12.2. The van der Waals surface area contributed by atoms with E-state index in [1.807, 2.05) is 6.07 Å². The molecule has 0 aliphatic rings. The number of halogens is 4. The number of aliphatic hydroxyl groups is 1. The van der Waals surface area contributed by atoms with Gasteiger partial charge in [0.15, 0.2) is 0 Å². The summed E-state index contributed by atoms with van der Waals surface area (Å²) in [5.41, 5.74) is 0.954. The number of rotatable bonds is 3. The van der Waals surface area contributed by atoms with Crippen LogP contribution in [0.2, 0.25) is 0 Å². The fourth-order valence-corrected chi connectivity index (χ4v) is 2.32. The Morgan fingerprint density at radius 1 is 1.00 bits per heavy atom. The molecule has 0 aliphatic heterocycles. The largest absolute Gasteiger partial charge is 0.573 e. The van der Waals surface area contributed by atoms with Crippen molar-refractivity contribution in [1.82, 2.24) is 0 Å². The molecule has 106 valence electrons. The Hall–Kier alpha value is -1.28. The van der Waals surface area contributed by atoms with Crippen molar-refractivity contribution in [2.24, 2.45) is 0 Å². The molecule has 6 heteroatoms. The summed E-state index contributed by atoms with van der Waals surface area (Å²) in [6.07, 6.45) is -5.74. The van der Waals surface area contributed by atoms with Crippen molar-refractivity contribution in [3.8, 4) is 5.75 Å². The first-order chi connectivity index (χ1) is 9.35. The Morgan fingerprint density at radius 3 is 2.20 bits per heavy atom. The molecule has 2 aromatic carbocycles. The van der Waals surface area contributed by atoms with Crippen LogP contribution >= 0.6 is 22.6 Å².